The number of hydrogen-bond donors (Lipinski definition) is 3. The number of carbonyl (C=O) groups is 2. The van der Waals surface area contributed by atoms with Crippen LogP contribution in [0.2, 0.25) is 0 Å². The molecule has 160 valence electrons. The van der Waals surface area contributed by atoms with Crippen LogP contribution in [0.1, 0.15) is 24.4 Å². The van der Waals surface area contributed by atoms with Crippen LogP contribution in [0, 0.1) is 11.8 Å². The van der Waals surface area contributed by atoms with Crippen LogP contribution < -0.4 is 14.8 Å². The minimum Gasteiger partial charge on any atom is -0.493 e. The average Bonchev–Trinajstić information content (AvgIpc) is 3.05. The largest absolute Gasteiger partial charge is 0.493 e. The first-order valence-electron chi connectivity index (χ1n) is 9.53. The maximum atomic E-state index is 9.10. The summed E-state index contributed by atoms with van der Waals surface area (Å²) < 4.78 is 10.8. The Morgan fingerprint density at radius 1 is 1.17 bits per heavy atom. The van der Waals surface area contributed by atoms with Crippen LogP contribution in [-0.4, -0.2) is 68.0 Å². The van der Waals surface area contributed by atoms with Gasteiger partial charge in [-0.25, -0.2) is 9.59 Å². The maximum absolute atomic E-state index is 9.10. The van der Waals surface area contributed by atoms with Crippen molar-refractivity contribution >= 4 is 11.9 Å². The summed E-state index contributed by atoms with van der Waals surface area (Å²) in [6.07, 6.45) is 7.32. The lowest BCUT2D eigenvalue weighted by molar-refractivity contribution is -0.159. The molecule has 2 aliphatic carbocycles. The Labute approximate surface area is 171 Å². The number of benzene rings is 1. The van der Waals surface area contributed by atoms with Crippen LogP contribution in [0.15, 0.2) is 30.4 Å². The third kappa shape index (κ3) is 5.71. The minimum atomic E-state index is -1.82. The third-order valence-electron chi connectivity index (χ3n) is 5.53. The molecular formula is C21H30N2O6. The Balaban J connectivity index is 0.000000438. The summed E-state index contributed by atoms with van der Waals surface area (Å²) in [4.78, 5) is 20.5. The van der Waals surface area contributed by atoms with Crippen LogP contribution in [0.4, 0.5) is 0 Å². The summed E-state index contributed by atoms with van der Waals surface area (Å²) in [5.41, 5.74) is 1.25. The number of rotatable bonds is 7. The second-order valence-corrected chi connectivity index (χ2v) is 7.46. The molecule has 1 saturated carbocycles. The molecule has 29 heavy (non-hydrogen) atoms. The van der Waals surface area contributed by atoms with Crippen molar-refractivity contribution in [1.29, 1.82) is 0 Å². The van der Waals surface area contributed by atoms with Crippen LogP contribution in [0.3, 0.4) is 0 Å². The number of fused-ring (bicyclic) bond motifs is 1. The predicted octanol–water partition coefficient (Wildman–Crippen LogP) is 2.02. The molecule has 8 nitrogen and oxygen atoms in total. The van der Waals surface area contributed by atoms with Crippen molar-refractivity contribution in [1.82, 2.24) is 10.2 Å². The molecule has 0 saturated heterocycles. The fourth-order valence-electron chi connectivity index (χ4n) is 3.87. The van der Waals surface area contributed by atoms with Gasteiger partial charge in [-0.05, 0) is 56.5 Å². The average molecular weight is 406 g/mol. The number of ether oxygens (including phenoxy) is 2. The Kier molecular flexibility index (Phi) is 8.04. The summed E-state index contributed by atoms with van der Waals surface area (Å²) in [5.74, 6) is -0.432. The second kappa shape index (κ2) is 10.3. The molecule has 2 aliphatic rings. The fraction of sp³-hybridized carbons (Fsp3) is 0.524. The zero-order valence-corrected chi connectivity index (χ0v) is 17.3. The van der Waals surface area contributed by atoms with E-state index in [4.69, 9.17) is 29.3 Å². The van der Waals surface area contributed by atoms with Gasteiger partial charge in [0.25, 0.3) is 0 Å². The highest BCUT2D eigenvalue weighted by Gasteiger charge is 2.40. The Morgan fingerprint density at radius 3 is 2.34 bits per heavy atom. The summed E-state index contributed by atoms with van der Waals surface area (Å²) in [5, 5.41) is 18.6. The number of nitrogens with zero attached hydrogens (tertiary/aromatic N) is 1. The highest BCUT2D eigenvalue weighted by molar-refractivity contribution is 6.27. The summed E-state index contributed by atoms with van der Waals surface area (Å²) in [6, 6.07) is 7.17. The van der Waals surface area contributed by atoms with Crippen LogP contribution in [0.25, 0.3) is 0 Å². The molecular weight excluding hydrogens is 376 g/mol. The van der Waals surface area contributed by atoms with E-state index < -0.39 is 11.9 Å². The number of carboxylic acid groups (broad SMARTS) is 2. The third-order valence-corrected chi connectivity index (χ3v) is 5.53. The van der Waals surface area contributed by atoms with E-state index in [0.29, 0.717) is 12.1 Å². The van der Waals surface area contributed by atoms with Crippen molar-refractivity contribution in [2.75, 3.05) is 34.9 Å². The summed E-state index contributed by atoms with van der Waals surface area (Å²) in [6.45, 7) is 0.949. The van der Waals surface area contributed by atoms with Gasteiger partial charge in [0.05, 0.1) is 14.2 Å². The van der Waals surface area contributed by atoms with E-state index in [9.17, 15) is 0 Å². The highest BCUT2D eigenvalue weighted by Crippen LogP contribution is 2.42. The zero-order valence-electron chi connectivity index (χ0n) is 17.3. The van der Waals surface area contributed by atoms with Crippen LogP contribution in [-0.2, 0) is 9.59 Å². The van der Waals surface area contributed by atoms with Crippen molar-refractivity contribution < 1.29 is 29.3 Å². The molecule has 1 fully saturated rings. The quantitative estimate of drug-likeness (QED) is 0.466. The molecule has 3 rings (SSSR count). The first kappa shape index (κ1) is 22.7. The summed E-state index contributed by atoms with van der Waals surface area (Å²) in [7, 11) is 7.61. The monoisotopic (exact) mass is 406 g/mol. The van der Waals surface area contributed by atoms with Gasteiger partial charge < -0.3 is 29.9 Å². The van der Waals surface area contributed by atoms with E-state index in [2.05, 4.69) is 48.6 Å². The van der Waals surface area contributed by atoms with Gasteiger partial charge in [0.2, 0.25) is 0 Å². The lowest BCUT2D eigenvalue weighted by Crippen LogP contribution is -2.50. The molecule has 0 spiro atoms. The molecule has 0 radical (unpaired) electrons. The molecule has 0 aromatic heterocycles. The van der Waals surface area contributed by atoms with Gasteiger partial charge in [-0.2, -0.15) is 0 Å². The number of carboxylic acids is 2. The highest BCUT2D eigenvalue weighted by atomic mass is 16.5. The number of aliphatic carboxylic acids is 2. The molecule has 3 N–H and O–H groups in total. The second-order valence-electron chi connectivity index (χ2n) is 7.46. The number of hydrogen-bond acceptors (Lipinski definition) is 6. The van der Waals surface area contributed by atoms with Crippen LogP contribution >= 0.6 is 0 Å². The molecule has 8 heteroatoms. The lowest BCUT2D eigenvalue weighted by Gasteiger charge is -2.42. The Hall–Kier alpha value is -2.58. The molecule has 0 bridgehead atoms. The number of allylic oxidation sites excluding steroid dienone is 1. The molecule has 0 heterocycles. The fourth-order valence-corrected chi connectivity index (χ4v) is 3.87. The minimum absolute atomic E-state index is 0.319. The van der Waals surface area contributed by atoms with Gasteiger partial charge in [0.15, 0.2) is 11.5 Å². The smallest absolute Gasteiger partial charge is 0.414 e. The van der Waals surface area contributed by atoms with Gasteiger partial charge in [0, 0.05) is 18.6 Å². The van der Waals surface area contributed by atoms with Gasteiger partial charge in [0.1, 0.15) is 0 Å². The normalized spacial score (nSPS) is 22.7. The molecule has 4 atom stereocenters. The maximum Gasteiger partial charge on any atom is 0.414 e. The first-order valence-corrected chi connectivity index (χ1v) is 9.53. The molecule has 1 aromatic rings. The molecule has 0 aliphatic heterocycles. The molecule has 1 aromatic carbocycles. The summed E-state index contributed by atoms with van der Waals surface area (Å²) >= 11 is 0. The van der Waals surface area contributed by atoms with E-state index in [-0.39, 0.29) is 0 Å². The van der Waals surface area contributed by atoms with Crippen molar-refractivity contribution in [3.63, 3.8) is 0 Å². The molecule has 4 unspecified atom stereocenters. The number of likely N-dealkylation sites (N-methyl/N-ethyl adjacent to an activating group) is 1. The zero-order chi connectivity index (χ0) is 21.6. The standard InChI is InChI=1S/C19H28N2O2.C2H2O4/c1-21(2)17(12-20-16-10-13-6-5-7-15(13)16)14-8-9-18(22-3)19(11-14)23-4;3-1(4)2(5)6/h5,7-9,11,13,15-17,20H,6,10,12H2,1-4H3;(H,3,4)(H,5,6). The van der Waals surface area contributed by atoms with E-state index in [1.807, 2.05) is 6.07 Å². The SMILES string of the molecule is COc1ccc(C(CNC2CC3CC=CC32)N(C)C)cc1OC.O=C(O)C(=O)O. The van der Waals surface area contributed by atoms with Crippen LogP contribution in [0.5, 0.6) is 11.5 Å². The van der Waals surface area contributed by atoms with E-state index in [0.717, 1.165) is 29.9 Å². The van der Waals surface area contributed by atoms with E-state index in [1.165, 1.54) is 18.4 Å². The van der Waals surface area contributed by atoms with Gasteiger partial charge in [-0.15, -0.1) is 0 Å². The first-order chi connectivity index (χ1) is 13.8. The van der Waals surface area contributed by atoms with Crippen molar-refractivity contribution in [3.8, 4) is 11.5 Å². The van der Waals surface area contributed by atoms with E-state index >= 15 is 0 Å². The van der Waals surface area contributed by atoms with Crippen molar-refractivity contribution in [2.24, 2.45) is 11.8 Å². The topological polar surface area (TPSA) is 108 Å². The Morgan fingerprint density at radius 2 is 1.83 bits per heavy atom. The number of nitrogens with one attached hydrogen (secondary N) is 1. The van der Waals surface area contributed by atoms with Gasteiger partial charge in [-0.3, -0.25) is 0 Å². The lowest BCUT2D eigenvalue weighted by atomic mass is 9.71. The number of methoxy groups -OCH3 is 2. The van der Waals surface area contributed by atoms with Crippen molar-refractivity contribution in [3.05, 3.63) is 35.9 Å². The van der Waals surface area contributed by atoms with Crippen molar-refractivity contribution in [2.45, 2.75) is 24.9 Å². The predicted molar refractivity (Wildman–Crippen MR) is 108 cm³/mol. The van der Waals surface area contributed by atoms with Gasteiger partial charge >= 0.3 is 11.9 Å². The van der Waals surface area contributed by atoms with Gasteiger partial charge in [-0.1, -0.05) is 18.2 Å². The Bertz CT molecular complexity index is 737. The van der Waals surface area contributed by atoms with E-state index in [1.54, 1.807) is 14.2 Å². The molecule has 0 amide bonds.